The summed E-state index contributed by atoms with van der Waals surface area (Å²) in [6.07, 6.45) is 2.12. The molecule has 17 heavy (non-hydrogen) atoms. The summed E-state index contributed by atoms with van der Waals surface area (Å²) in [7, 11) is -4.07. The number of fused-ring (bicyclic) bond motifs is 1. The number of hydrogen-bond acceptors (Lipinski definition) is 2. The topological polar surface area (TPSA) is 34.1 Å². The van der Waals surface area contributed by atoms with Crippen molar-refractivity contribution in [2.24, 2.45) is 0 Å². The molecule has 0 bridgehead atoms. The molecule has 0 saturated heterocycles. The lowest BCUT2D eigenvalue weighted by Crippen LogP contribution is -2.15. The summed E-state index contributed by atoms with van der Waals surface area (Å²) < 4.78 is 23.0. The van der Waals surface area contributed by atoms with Crippen LogP contribution in [0.5, 0.6) is 0 Å². The van der Waals surface area contributed by atoms with Gasteiger partial charge in [0.15, 0.2) is 9.84 Å². The molecule has 0 spiro atoms. The summed E-state index contributed by atoms with van der Waals surface area (Å²) in [6.45, 7) is 6.84. The standard InChI is InChI=1S/C13H18O2SSi/c1-17(2,3)7-6-11-4-5-12-9-16(14,15)10-13(12)8-11/h4-8H,9-10H2,1-3H3. The Hall–Kier alpha value is -0.873. The van der Waals surface area contributed by atoms with E-state index in [-0.39, 0.29) is 11.5 Å². The minimum atomic E-state index is -2.88. The van der Waals surface area contributed by atoms with E-state index in [9.17, 15) is 8.42 Å². The maximum absolute atomic E-state index is 11.5. The molecular weight excluding hydrogens is 248 g/mol. The Morgan fingerprint density at radius 2 is 1.76 bits per heavy atom. The molecule has 0 fully saturated rings. The molecule has 92 valence electrons. The monoisotopic (exact) mass is 266 g/mol. The second kappa shape index (κ2) is 4.10. The van der Waals surface area contributed by atoms with Gasteiger partial charge < -0.3 is 0 Å². The van der Waals surface area contributed by atoms with Crippen LogP contribution in [0.2, 0.25) is 19.6 Å². The van der Waals surface area contributed by atoms with E-state index in [0.717, 1.165) is 16.7 Å². The molecule has 0 saturated carbocycles. The Balaban J connectivity index is 2.29. The summed E-state index contributed by atoms with van der Waals surface area (Å²) in [4.78, 5) is 0. The molecule has 0 unspecified atom stereocenters. The van der Waals surface area contributed by atoms with Crippen molar-refractivity contribution in [1.29, 1.82) is 0 Å². The van der Waals surface area contributed by atoms with E-state index in [4.69, 9.17) is 0 Å². The van der Waals surface area contributed by atoms with E-state index in [1.54, 1.807) is 0 Å². The summed E-state index contributed by atoms with van der Waals surface area (Å²) in [6, 6.07) is 5.97. The van der Waals surface area contributed by atoms with E-state index < -0.39 is 17.9 Å². The van der Waals surface area contributed by atoms with Gasteiger partial charge in [0.1, 0.15) is 0 Å². The highest BCUT2D eigenvalue weighted by molar-refractivity contribution is 7.90. The molecule has 2 rings (SSSR count). The quantitative estimate of drug-likeness (QED) is 0.771. The number of hydrogen-bond donors (Lipinski definition) is 0. The SMILES string of the molecule is C[Si](C)(C)C=Cc1ccc2c(c1)CS(=O)(=O)C2. The van der Waals surface area contributed by atoms with Gasteiger partial charge in [0.25, 0.3) is 0 Å². The van der Waals surface area contributed by atoms with E-state index in [2.05, 4.69) is 31.4 Å². The van der Waals surface area contributed by atoms with Crippen LogP contribution >= 0.6 is 0 Å². The molecule has 1 aliphatic rings. The van der Waals surface area contributed by atoms with Crippen LogP contribution in [-0.2, 0) is 21.3 Å². The third-order valence-electron chi connectivity index (χ3n) is 2.76. The second-order valence-electron chi connectivity index (χ2n) is 5.76. The van der Waals surface area contributed by atoms with Crippen LogP contribution in [0.15, 0.2) is 23.9 Å². The van der Waals surface area contributed by atoms with Gasteiger partial charge in [0, 0.05) is 0 Å². The van der Waals surface area contributed by atoms with Crippen molar-refractivity contribution in [2.45, 2.75) is 31.1 Å². The molecule has 1 aliphatic heterocycles. The molecule has 1 aromatic carbocycles. The Morgan fingerprint density at radius 1 is 1.12 bits per heavy atom. The van der Waals surface area contributed by atoms with Crippen molar-refractivity contribution in [3.8, 4) is 0 Å². The minimum absolute atomic E-state index is 0.205. The van der Waals surface area contributed by atoms with Gasteiger partial charge in [-0.3, -0.25) is 0 Å². The van der Waals surface area contributed by atoms with Crippen molar-refractivity contribution in [3.63, 3.8) is 0 Å². The van der Waals surface area contributed by atoms with Gasteiger partial charge in [-0.25, -0.2) is 8.42 Å². The van der Waals surface area contributed by atoms with Gasteiger partial charge in [-0.05, 0) is 16.7 Å². The van der Waals surface area contributed by atoms with Crippen LogP contribution in [0.3, 0.4) is 0 Å². The largest absolute Gasteiger partial charge is 0.228 e. The molecule has 2 nitrogen and oxygen atoms in total. The highest BCUT2D eigenvalue weighted by Crippen LogP contribution is 2.26. The van der Waals surface area contributed by atoms with E-state index in [0.29, 0.717) is 0 Å². The molecule has 1 heterocycles. The molecule has 1 aromatic rings. The number of benzene rings is 1. The van der Waals surface area contributed by atoms with E-state index in [1.165, 1.54) is 0 Å². The molecule has 0 aliphatic carbocycles. The lowest BCUT2D eigenvalue weighted by atomic mass is 10.1. The first kappa shape index (κ1) is 12.6. The lowest BCUT2D eigenvalue weighted by Gasteiger charge is -2.08. The van der Waals surface area contributed by atoms with Gasteiger partial charge in [-0.1, -0.05) is 49.6 Å². The molecule has 4 heteroatoms. The highest BCUT2D eigenvalue weighted by atomic mass is 32.2. The predicted octanol–water partition coefficient (Wildman–Crippen LogP) is 3.01. The maximum atomic E-state index is 11.5. The first-order valence-electron chi connectivity index (χ1n) is 5.77. The first-order valence-corrected chi connectivity index (χ1v) is 11.2. The number of sulfone groups is 1. The summed E-state index contributed by atoms with van der Waals surface area (Å²) in [5, 5.41) is 0. The van der Waals surface area contributed by atoms with Gasteiger partial charge >= 0.3 is 0 Å². The average Bonchev–Trinajstić information content (AvgIpc) is 2.46. The summed E-state index contributed by atoms with van der Waals surface area (Å²) in [5.74, 6) is 0.414. The van der Waals surface area contributed by atoms with Gasteiger partial charge in [0.05, 0.1) is 19.6 Å². The summed E-state index contributed by atoms with van der Waals surface area (Å²) in [5.41, 5.74) is 5.33. The van der Waals surface area contributed by atoms with Gasteiger partial charge in [-0.2, -0.15) is 0 Å². The van der Waals surface area contributed by atoms with Gasteiger partial charge in [-0.15, -0.1) is 0 Å². The normalized spacial score (nSPS) is 18.5. The number of rotatable bonds is 2. The van der Waals surface area contributed by atoms with Crippen molar-refractivity contribution >= 4 is 24.0 Å². The Bertz CT molecular complexity index is 566. The molecule has 0 aromatic heterocycles. The zero-order chi connectivity index (χ0) is 12.7. The Morgan fingerprint density at radius 3 is 2.41 bits per heavy atom. The highest BCUT2D eigenvalue weighted by Gasteiger charge is 2.24. The van der Waals surface area contributed by atoms with Crippen molar-refractivity contribution in [3.05, 3.63) is 40.6 Å². The molecule has 0 amide bonds. The van der Waals surface area contributed by atoms with Crippen molar-refractivity contribution in [1.82, 2.24) is 0 Å². The fourth-order valence-corrected chi connectivity index (χ4v) is 4.19. The first-order chi connectivity index (χ1) is 7.75. The fourth-order valence-electron chi connectivity index (χ4n) is 1.90. The van der Waals surface area contributed by atoms with Gasteiger partial charge in [0.2, 0.25) is 0 Å². The third-order valence-corrected chi connectivity index (χ3v) is 5.43. The van der Waals surface area contributed by atoms with Crippen molar-refractivity contribution in [2.75, 3.05) is 0 Å². The van der Waals surface area contributed by atoms with Crippen LogP contribution in [0.25, 0.3) is 6.08 Å². The zero-order valence-electron chi connectivity index (χ0n) is 10.5. The van der Waals surface area contributed by atoms with Crippen LogP contribution in [0, 0.1) is 0 Å². The van der Waals surface area contributed by atoms with E-state index in [1.807, 2.05) is 18.2 Å². The van der Waals surface area contributed by atoms with Crippen LogP contribution in [0.1, 0.15) is 16.7 Å². The second-order valence-corrected chi connectivity index (χ2v) is 12.9. The summed E-state index contributed by atoms with van der Waals surface area (Å²) >= 11 is 0. The Labute approximate surface area is 104 Å². The fraction of sp³-hybridized carbons (Fsp3) is 0.385. The van der Waals surface area contributed by atoms with E-state index >= 15 is 0 Å². The average molecular weight is 266 g/mol. The minimum Gasteiger partial charge on any atom is -0.228 e. The predicted molar refractivity (Wildman–Crippen MR) is 75.1 cm³/mol. The third kappa shape index (κ3) is 3.29. The smallest absolute Gasteiger partial charge is 0.158 e. The zero-order valence-corrected chi connectivity index (χ0v) is 12.3. The molecular formula is C13H18O2SSi. The van der Waals surface area contributed by atoms with Crippen molar-refractivity contribution < 1.29 is 8.42 Å². The lowest BCUT2D eigenvalue weighted by molar-refractivity contribution is 0.598. The molecule has 0 N–H and O–H groups in total. The molecule has 0 radical (unpaired) electrons. The molecule has 0 atom stereocenters. The van der Waals surface area contributed by atoms with Crippen LogP contribution in [-0.4, -0.2) is 16.5 Å². The van der Waals surface area contributed by atoms with Crippen LogP contribution < -0.4 is 0 Å². The Kier molecular flexibility index (Phi) is 3.04. The maximum Gasteiger partial charge on any atom is 0.158 e. The van der Waals surface area contributed by atoms with Crippen LogP contribution in [0.4, 0.5) is 0 Å².